The molecule has 0 aromatic carbocycles. The molecule has 0 aliphatic carbocycles. The Morgan fingerprint density at radius 3 is 0.812 bits per heavy atom. The lowest BCUT2D eigenvalue weighted by atomic mass is 9.99. The maximum atomic E-state index is 12.8. The van der Waals surface area contributed by atoms with Gasteiger partial charge >= 0.3 is 17.9 Å². The van der Waals surface area contributed by atoms with Crippen molar-refractivity contribution in [2.75, 3.05) is 13.2 Å². The summed E-state index contributed by atoms with van der Waals surface area (Å²) in [5, 5.41) is 0. The molecule has 0 saturated carbocycles. The SMILES string of the molecule is CCC(C)CCCCCCCCCCCCCCCCCCCCC(=O)OC[C@H](COC(=O)CCCCCCCCCCCCC(C)CC)OC(=O)CCCCCCCCCC(C)C. The lowest BCUT2D eigenvalue weighted by Crippen LogP contribution is -2.30. The molecule has 0 fully saturated rings. The molecule has 3 atom stereocenters. The Balaban J connectivity index is 4.19. The van der Waals surface area contributed by atoms with Crippen LogP contribution in [0.2, 0.25) is 0 Å². The first-order valence-electron chi connectivity index (χ1n) is 28.7. The van der Waals surface area contributed by atoms with Crippen molar-refractivity contribution < 1.29 is 28.6 Å². The fourth-order valence-corrected chi connectivity index (χ4v) is 8.76. The van der Waals surface area contributed by atoms with E-state index < -0.39 is 6.10 Å². The molecule has 6 nitrogen and oxygen atoms in total. The zero-order valence-electron chi connectivity index (χ0n) is 44.1. The van der Waals surface area contributed by atoms with Crippen LogP contribution in [0.4, 0.5) is 0 Å². The summed E-state index contributed by atoms with van der Waals surface area (Å²) in [4.78, 5) is 38.0. The van der Waals surface area contributed by atoms with E-state index in [1.807, 2.05) is 0 Å². The number of esters is 3. The molecule has 0 N–H and O–H groups in total. The highest BCUT2D eigenvalue weighted by Crippen LogP contribution is 2.19. The largest absolute Gasteiger partial charge is 0.462 e. The van der Waals surface area contributed by atoms with Gasteiger partial charge in [-0.1, -0.05) is 279 Å². The van der Waals surface area contributed by atoms with E-state index in [0.717, 1.165) is 75.5 Å². The molecule has 0 aromatic heterocycles. The minimum absolute atomic E-state index is 0.0647. The monoisotopic (exact) mass is 905 g/mol. The van der Waals surface area contributed by atoms with Crippen molar-refractivity contribution in [1.82, 2.24) is 0 Å². The van der Waals surface area contributed by atoms with Gasteiger partial charge in [-0.15, -0.1) is 0 Å². The molecule has 0 radical (unpaired) electrons. The predicted octanol–water partition coefficient (Wildman–Crippen LogP) is 18.7. The van der Waals surface area contributed by atoms with E-state index >= 15 is 0 Å². The summed E-state index contributed by atoms with van der Waals surface area (Å²) in [6.07, 6.45) is 51.0. The maximum absolute atomic E-state index is 12.8. The van der Waals surface area contributed by atoms with Crippen molar-refractivity contribution in [3.63, 3.8) is 0 Å². The van der Waals surface area contributed by atoms with E-state index in [4.69, 9.17) is 14.2 Å². The third kappa shape index (κ3) is 48.3. The Morgan fingerprint density at radius 2 is 0.547 bits per heavy atom. The first-order chi connectivity index (χ1) is 31.2. The van der Waals surface area contributed by atoms with Gasteiger partial charge in [0.1, 0.15) is 13.2 Å². The number of carbonyl (C=O) groups excluding carboxylic acids is 3. The van der Waals surface area contributed by atoms with Crippen LogP contribution in [0.1, 0.15) is 318 Å². The van der Waals surface area contributed by atoms with Gasteiger partial charge < -0.3 is 14.2 Å². The Hall–Kier alpha value is -1.59. The second-order valence-corrected chi connectivity index (χ2v) is 20.9. The van der Waals surface area contributed by atoms with Crippen LogP contribution >= 0.6 is 0 Å². The fraction of sp³-hybridized carbons (Fsp3) is 0.948. The molecule has 6 heteroatoms. The molecule has 0 aromatic rings. The molecule has 0 heterocycles. The minimum atomic E-state index is -0.764. The summed E-state index contributed by atoms with van der Waals surface area (Å²) >= 11 is 0. The molecule has 380 valence electrons. The fourth-order valence-electron chi connectivity index (χ4n) is 8.76. The van der Waals surface area contributed by atoms with E-state index in [-0.39, 0.29) is 31.1 Å². The number of hydrogen-bond donors (Lipinski definition) is 0. The molecule has 0 saturated heterocycles. The molecule has 0 spiro atoms. The van der Waals surface area contributed by atoms with Crippen LogP contribution in [0.5, 0.6) is 0 Å². The summed E-state index contributed by atoms with van der Waals surface area (Å²) in [7, 11) is 0. The van der Waals surface area contributed by atoms with E-state index in [1.165, 1.54) is 199 Å². The van der Waals surface area contributed by atoms with Crippen molar-refractivity contribution >= 4 is 17.9 Å². The van der Waals surface area contributed by atoms with Crippen LogP contribution in [0.25, 0.3) is 0 Å². The van der Waals surface area contributed by atoms with E-state index in [9.17, 15) is 14.4 Å². The van der Waals surface area contributed by atoms with Crippen LogP contribution in [0, 0.1) is 17.8 Å². The van der Waals surface area contributed by atoms with E-state index in [0.29, 0.717) is 19.3 Å². The zero-order valence-corrected chi connectivity index (χ0v) is 44.1. The second-order valence-electron chi connectivity index (χ2n) is 20.9. The Kier molecular flexibility index (Phi) is 48.1. The van der Waals surface area contributed by atoms with Gasteiger partial charge in [-0.2, -0.15) is 0 Å². The predicted molar refractivity (Wildman–Crippen MR) is 275 cm³/mol. The molecule has 64 heavy (non-hydrogen) atoms. The van der Waals surface area contributed by atoms with Crippen LogP contribution in [-0.4, -0.2) is 37.2 Å². The van der Waals surface area contributed by atoms with Gasteiger partial charge in [-0.3, -0.25) is 14.4 Å². The van der Waals surface area contributed by atoms with Crippen molar-refractivity contribution in [2.45, 2.75) is 324 Å². The molecule has 0 rings (SSSR count). The van der Waals surface area contributed by atoms with Gasteiger partial charge in [-0.05, 0) is 37.0 Å². The highest BCUT2D eigenvalue weighted by molar-refractivity contribution is 5.71. The second kappa shape index (κ2) is 49.3. The summed E-state index contributed by atoms with van der Waals surface area (Å²) in [6, 6.07) is 0. The van der Waals surface area contributed by atoms with Crippen molar-refractivity contribution in [3.05, 3.63) is 0 Å². The number of rotatable bonds is 51. The summed E-state index contributed by atoms with van der Waals surface area (Å²) in [6.45, 7) is 13.8. The number of ether oxygens (including phenoxy) is 3. The average molecular weight is 906 g/mol. The number of hydrogen-bond acceptors (Lipinski definition) is 6. The molecule has 0 aliphatic rings. The van der Waals surface area contributed by atoms with Gasteiger partial charge in [0.25, 0.3) is 0 Å². The van der Waals surface area contributed by atoms with E-state index in [1.54, 1.807) is 0 Å². The van der Waals surface area contributed by atoms with Crippen LogP contribution < -0.4 is 0 Å². The van der Waals surface area contributed by atoms with Crippen LogP contribution in [-0.2, 0) is 28.6 Å². The molecule has 0 aliphatic heterocycles. The highest BCUT2D eigenvalue weighted by atomic mass is 16.6. The van der Waals surface area contributed by atoms with Crippen molar-refractivity contribution in [1.29, 1.82) is 0 Å². The lowest BCUT2D eigenvalue weighted by Gasteiger charge is -2.18. The Bertz CT molecular complexity index is 995. The average Bonchev–Trinajstić information content (AvgIpc) is 3.28. The van der Waals surface area contributed by atoms with Gasteiger partial charge in [0, 0.05) is 19.3 Å². The molecular formula is C58H112O6. The molecule has 2 unspecified atom stereocenters. The standard InChI is InChI=1S/C58H112O6/c1-7-53(5)45-39-33-27-21-17-15-13-11-9-10-12-14-16-18-23-29-35-41-47-56(59)62-50-55(64-58(61)49-43-37-31-25-26-32-38-44-52(3)4)51-63-57(60)48-42-36-30-24-20-19-22-28-34-40-46-54(6)8-2/h52-55H,7-51H2,1-6H3/t53?,54?,55-/m1/s1. The third-order valence-corrected chi connectivity index (χ3v) is 13.9. The van der Waals surface area contributed by atoms with Crippen LogP contribution in [0.15, 0.2) is 0 Å². The maximum Gasteiger partial charge on any atom is 0.306 e. The zero-order chi connectivity index (χ0) is 47.0. The van der Waals surface area contributed by atoms with Crippen molar-refractivity contribution in [3.8, 4) is 0 Å². The normalized spacial score (nSPS) is 13.0. The Labute approximate surface area is 399 Å². The molecular weight excluding hydrogens is 793 g/mol. The molecule has 0 bridgehead atoms. The van der Waals surface area contributed by atoms with Gasteiger partial charge in [0.05, 0.1) is 0 Å². The first-order valence-corrected chi connectivity index (χ1v) is 28.7. The quantitative estimate of drug-likeness (QED) is 0.0344. The minimum Gasteiger partial charge on any atom is -0.462 e. The van der Waals surface area contributed by atoms with Gasteiger partial charge in [0.2, 0.25) is 0 Å². The third-order valence-electron chi connectivity index (χ3n) is 13.9. The molecule has 0 amide bonds. The number of unbranched alkanes of at least 4 members (excludes halogenated alkanes) is 32. The van der Waals surface area contributed by atoms with Crippen LogP contribution in [0.3, 0.4) is 0 Å². The van der Waals surface area contributed by atoms with Crippen molar-refractivity contribution in [2.24, 2.45) is 17.8 Å². The summed E-state index contributed by atoms with van der Waals surface area (Å²) in [5.74, 6) is 1.71. The smallest absolute Gasteiger partial charge is 0.306 e. The summed E-state index contributed by atoms with van der Waals surface area (Å²) < 4.78 is 16.8. The highest BCUT2D eigenvalue weighted by Gasteiger charge is 2.19. The topological polar surface area (TPSA) is 78.9 Å². The lowest BCUT2D eigenvalue weighted by molar-refractivity contribution is -0.167. The van der Waals surface area contributed by atoms with Gasteiger partial charge in [0.15, 0.2) is 6.10 Å². The first kappa shape index (κ1) is 62.4. The number of carbonyl (C=O) groups is 3. The van der Waals surface area contributed by atoms with Gasteiger partial charge in [-0.25, -0.2) is 0 Å². The summed E-state index contributed by atoms with van der Waals surface area (Å²) in [5.41, 5.74) is 0. The van der Waals surface area contributed by atoms with E-state index in [2.05, 4.69) is 41.5 Å². The Morgan fingerprint density at radius 1 is 0.312 bits per heavy atom.